The molecule has 3 aliphatic carbocycles. The molecule has 3 heteroatoms. The number of aliphatic hydroxyl groups is 1. The third-order valence-corrected chi connectivity index (χ3v) is 5.15. The van der Waals surface area contributed by atoms with Crippen molar-refractivity contribution in [1.29, 1.82) is 0 Å². The van der Waals surface area contributed by atoms with Gasteiger partial charge in [-0.2, -0.15) is 0 Å². The minimum Gasteiger partial charge on any atom is -0.459 e. The smallest absolute Gasteiger partial charge is 0.303 e. The van der Waals surface area contributed by atoms with Crippen LogP contribution in [-0.4, -0.2) is 22.8 Å². The van der Waals surface area contributed by atoms with Crippen LogP contribution in [0.15, 0.2) is 0 Å². The van der Waals surface area contributed by atoms with Crippen LogP contribution in [0, 0.1) is 23.7 Å². The molecule has 0 aromatic carbocycles. The SMILES string of the molecule is CC(=O)OC1(C)CC2CC1C1CC(O)CC21. The van der Waals surface area contributed by atoms with Gasteiger partial charge in [-0.05, 0) is 50.4 Å². The van der Waals surface area contributed by atoms with E-state index in [9.17, 15) is 9.90 Å². The zero-order valence-electron chi connectivity index (χ0n) is 9.98. The summed E-state index contributed by atoms with van der Waals surface area (Å²) in [5.41, 5.74) is -0.248. The third kappa shape index (κ3) is 1.33. The molecular weight excluding hydrogens is 204 g/mol. The Morgan fingerprint density at radius 3 is 2.69 bits per heavy atom. The van der Waals surface area contributed by atoms with Crippen LogP contribution in [0.1, 0.15) is 39.5 Å². The van der Waals surface area contributed by atoms with E-state index in [4.69, 9.17) is 4.74 Å². The van der Waals surface area contributed by atoms with E-state index in [1.54, 1.807) is 0 Å². The predicted molar refractivity (Wildman–Crippen MR) is 58.6 cm³/mol. The van der Waals surface area contributed by atoms with Crippen molar-refractivity contribution >= 4 is 5.97 Å². The Hall–Kier alpha value is -0.570. The summed E-state index contributed by atoms with van der Waals surface area (Å²) in [7, 11) is 0. The van der Waals surface area contributed by atoms with Crippen molar-refractivity contribution in [2.45, 2.75) is 51.2 Å². The molecule has 2 bridgehead atoms. The quantitative estimate of drug-likeness (QED) is 0.690. The van der Waals surface area contributed by atoms with E-state index in [2.05, 4.69) is 6.92 Å². The van der Waals surface area contributed by atoms with Gasteiger partial charge in [-0.1, -0.05) is 0 Å². The Balaban J connectivity index is 1.81. The summed E-state index contributed by atoms with van der Waals surface area (Å²) < 4.78 is 5.56. The van der Waals surface area contributed by atoms with Gasteiger partial charge in [0, 0.05) is 12.8 Å². The van der Waals surface area contributed by atoms with E-state index in [1.165, 1.54) is 13.3 Å². The second-order valence-corrected chi connectivity index (χ2v) is 6.17. The summed E-state index contributed by atoms with van der Waals surface area (Å²) >= 11 is 0. The lowest BCUT2D eigenvalue weighted by Crippen LogP contribution is -2.42. The number of aliphatic hydroxyl groups excluding tert-OH is 1. The van der Waals surface area contributed by atoms with E-state index in [1.807, 2.05) is 0 Å². The molecule has 0 aromatic rings. The second kappa shape index (κ2) is 3.22. The third-order valence-electron chi connectivity index (χ3n) is 5.15. The zero-order chi connectivity index (χ0) is 11.5. The van der Waals surface area contributed by atoms with Crippen LogP contribution in [0.4, 0.5) is 0 Å². The minimum atomic E-state index is -0.248. The maximum atomic E-state index is 11.2. The van der Waals surface area contributed by atoms with Crippen molar-refractivity contribution in [1.82, 2.24) is 0 Å². The Morgan fingerprint density at radius 2 is 2.00 bits per heavy atom. The molecule has 0 saturated heterocycles. The standard InChI is InChI=1S/C13H20O3/c1-7(14)16-13(2)6-8-3-12(13)11-5-9(15)4-10(8)11/h8-12,15H,3-6H2,1-2H3. The Morgan fingerprint density at radius 1 is 1.31 bits per heavy atom. The number of hydrogen-bond acceptors (Lipinski definition) is 3. The molecule has 3 rings (SSSR count). The average molecular weight is 224 g/mol. The molecule has 16 heavy (non-hydrogen) atoms. The van der Waals surface area contributed by atoms with Crippen LogP contribution in [0.5, 0.6) is 0 Å². The Bertz CT molecular complexity index is 327. The highest BCUT2D eigenvalue weighted by Gasteiger charge is 2.61. The van der Waals surface area contributed by atoms with Crippen molar-refractivity contribution in [2.24, 2.45) is 23.7 Å². The van der Waals surface area contributed by atoms with Crippen LogP contribution < -0.4 is 0 Å². The molecule has 0 aliphatic heterocycles. The first-order valence-corrected chi connectivity index (χ1v) is 6.37. The molecule has 0 heterocycles. The van der Waals surface area contributed by atoms with E-state index >= 15 is 0 Å². The van der Waals surface area contributed by atoms with Crippen molar-refractivity contribution in [3.63, 3.8) is 0 Å². The maximum absolute atomic E-state index is 11.2. The van der Waals surface area contributed by atoms with Crippen molar-refractivity contribution in [3.05, 3.63) is 0 Å². The highest BCUT2D eigenvalue weighted by atomic mass is 16.6. The van der Waals surface area contributed by atoms with Crippen molar-refractivity contribution in [3.8, 4) is 0 Å². The van der Waals surface area contributed by atoms with Crippen molar-refractivity contribution < 1.29 is 14.6 Å². The Labute approximate surface area is 96.2 Å². The van der Waals surface area contributed by atoms with Gasteiger partial charge in [0.2, 0.25) is 0 Å². The Kier molecular flexibility index (Phi) is 2.13. The highest BCUT2D eigenvalue weighted by molar-refractivity contribution is 5.66. The summed E-state index contributed by atoms with van der Waals surface area (Å²) in [5.74, 6) is 2.30. The monoisotopic (exact) mass is 224 g/mol. The van der Waals surface area contributed by atoms with Gasteiger partial charge in [-0.3, -0.25) is 4.79 Å². The van der Waals surface area contributed by atoms with Gasteiger partial charge in [0.1, 0.15) is 5.60 Å². The summed E-state index contributed by atoms with van der Waals surface area (Å²) in [4.78, 5) is 11.2. The van der Waals surface area contributed by atoms with Crippen molar-refractivity contribution in [2.75, 3.05) is 0 Å². The lowest BCUT2D eigenvalue weighted by Gasteiger charge is -2.39. The van der Waals surface area contributed by atoms with Gasteiger partial charge >= 0.3 is 5.97 Å². The summed E-state index contributed by atoms with van der Waals surface area (Å²) in [6.07, 6.45) is 3.99. The molecule has 0 aromatic heterocycles. The van der Waals surface area contributed by atoms with Gasteiger partial charge in [0.25, 0.3) is 0 Å². The lowest BCUT2D eigenvalue weighted by molar-refractivity contribution is -0.163. The topological polar surface area (TPSA) is 46.5 Å². The molecule has 0 radical (unpaired) electrons. The van der Waals surface area contributed by atoms with E-state index < -0.39 is 0 Å². The van der Waals surface area contributed by atoms with Crippen LogP contribution in [0.25, 0.3) is 0 Å². The number of ether oxygens (including phenoxy) is 1. The molecular formula is C13H20O3. The van der Waals surface area contributed by atoms with Gasteiger partial charge in [0.05, 0.1) is 6.10 Å². The molecule has 3 nitrogen and oxygen atoms in total. The highest BCUT2D eigenvalue weighted by Crippen LogP contribution is 2.63. The maximum Gasteiger partial charge on any atom is 0.303 e. The second-order valence-electron chi connectivity index (χ2n) is 6.17. The first-order chi connectivity index (χ1) is 7.49. The van der Waals surface area contributed by atoms with E-state index in [-0.39, 0.29) is 17.7 Å². The van der Waals surface area contributed by atoms with Crippen LogP contribution >= 0.6 is 0 Å². The van der Waals surface area contributed by atoms with Crippen LogP contribution in [0.3, 0.4) is 0 Å². The number of fused-ring (bicyclic) bond motifs is 5. The number of rotatable bonds is 1. The fraction of sp³-hybridized carbons (Fsp3) is 0.923. The normalized spacial score (nSPS) is 54.1. The fourth-order valence-corrected chi connectivity index (χ4v) is 4.81. The first-order valence-electron chi connectivity index (χ1n) is 6.37. The molecule has 0 spiro atoms. The minimum absolute atomic E-state index is 0.111. The molecule has 0 amide bonds. The molecule has 6 atom stereocenters. The zero-order valence-corrected chi connectivity index (χ0v) is 9.98. The molecule has 3 saturated carbocycles. The molecule has 3 fully saturated rings. The number of carbonyl (C=O) groups is 1. The first kappa shape index (κ1) is 10.6. The summed E-state index contributed by atoms with van der Waals surface area (Å²) in [6.45, 7) is 3.58. The van der Waals surface area contributed by atoms with Gasteiger partial charge < -0.3 is 9.84 Å². The van der Waals surface area contributed by atoms with Crippen LogP contribution in [-0.2, 0) is 9.53 Å². The molecule has 90 valence electrons. The summed E-state index contributed by atoms with van der Waals surface area (Å²) in [6, 6.07) is 0. The number of carbonyl (C=O) groups excluding carboxylic acids is 1. The molecule has 3 aliphatic rings. The molecule has 6 unspecified atom stereocenters. The predicted octanol–water partition coefficient (Wildman–Crippen LogP) is 1.74. The van der Waals surface area contributed by atoms with E-state index in [0.29, 0.717) is 23.7 Å². The average Bonchev–Trinajstić information content (AvgIpc) is 2.71. The lowest BCUT2D eigenvalue weighted by atomic mass is 9.73. The van der Waals surface area contributed by atoms with Crippen LogP contribution in [0.2, 0.25) is 0 Å². The van der Waals surface area contributed by atoms with E-state index in [0.717, 1.165) is 19.3 Å². The largest absolute Gasteiger partial charge is 0.459 e. The van der Waals surface area contributed by atoms with Gasteiger partial charge in [0.15, 0.2) is 0 Å². The molecule has 1 N–H and O–H groups in total. The number of hydrogen-bond donors (Lipinski definition) is 1. The van der Waals surface area contributed by atoms with Gasteiger partial charge in [-0.15, -0.1) is 0 Å². The fourth-order valence-electron chi connectivity index (χ4n) is 4.81. The number of esters is 1. The summed E-state index contributed by atoms with van der Waals surface area (Å²) in [5, 5.41) is 9.74. The van der Waals surface area contributed by atoms with Gasteiger partial charge in [-0.25, -0.2) is 0 Å².